The van der Waals surface area contributed by atoms with E-state index in [2.05, 4.69) is 4.98 Å². The summed E-state index contributed by atoms with van der Waals surface area (Å²) >= 11 is 0. The van der Waals surface area contributed by atoms with Crippen LogP contribution >= 0.6 is 0 Å². The number of carbonyl (C=O) groups excluding carboxylic acids is 2. The first-order valence-corrected chi connectivity index (χ1v) is 11.6. The molecule has 1 fully saturated rings. The van der Waals surface area contributed by atoms with Crippen LogP contribution in [0.3, 0.4) is 0 Å². The molecule has 2 atom stereocenters. The number of oxazole rings is 1. The molecule has 2 heterocycles. The first-order valence-electron chi connectivity index (χ1n) is 11.6. The molecule has 1 unspecified atom stereocenters. The molecule has 5 rings (SSSR count). The van der Waals surface area contributed by atoms with E-state index in [1.807, 2.05) is 0 Å². The van der Waals surface area contributed by atoms with E-state index in [9.17, 15) is 23.9 Å². The van der Waals surface area contributed by atoms with Gasteiger partial charge in [0, 0.05) is 28.8 Å². The Kier molecular flexibility index (Phi) is 6.03. The number of ketones is 1. The molecule has 0 spiro atoms. The highest BCUT2D eigenvalue weighted by Crippen LogP contribution is 2.49. The lowest BCUT2D eigenvalue weighted by Gasteiger charge is -2.40. The number of nitrogens with zero attached hydrogens (tertiary/aromatic N) is 2. The number of halogens is 2. The Balaban J connectivity index is 1.61. The molecule has 0 bridgehead atoms. The van der Waals surface area contributed by atoms with Gasteiger partial charge in [-0.25, -0.2) is 18.6 Å². The highest BCUT2D eigenvalue weighted by atomic mass is 19.1. The van der Waals surface area contributed by atoms with Gasteiger partial charge in [-0.2, -0.15) is 0 Å². The van der Waals surface area contributed by atoms with Crippen LogP contribution in [0.2, 0.25) is 0 Å². The van der Waals surface area contributed by atoms with Crippen LogP contribution in [-0.4, -0.2) is 39.2 Å². The molecule has 36 heavy (non-hydrogen) atoms. The summed E-state index contributed by atoms with van der Waals surface area (Å²) in [6.45, 7) is -0.0623. The maximum Gasteiger partial charge on any atom is 0.334 e. The van der Waals surface area contributed by atoms with Crippen molar-refractivity contribution in [3.05, 3.63) is 88.3 Å². The topological polar surface area (TPSA) is 127 Å². The van der Waals surface area contributed by atoms with Gasteiger partial charge in [0.2, 0.25) is 11.8 Å². The van der Waals surface area contributed by atoms with E-state index in [1.165, 1.54) is 41.8 Å². The third-order valence-electron chi connectivity index (χ3n) is 7.14. The van der Waals surface area contributed by atoms with Gasteiger partial charge in [-0.3, -0.25) is 9.59 Å². The Hall–Kier alpha value is -4.08. The van der Waals surface area contributed by atoms with E-state index >= 15 is 4.39 Å². The summed E-state index contributed by atoms with van der Waals surface area (Å²) in [5.74, 6) is -5.63. The molecular formula is C26H23F2N3O5. The number of benzene rings is 1. The van der Waals surface area contributed by atoms with E-state index < -0.39 is 41.1 Å². The molecule has 2 aromatic rings. The molecule has 10 heteroatoms. The van der Waals surface area contributed by atoms with Crippen molar-refractivity contribution < 1.29 is 32.7 Å². The molecule has 1 saturated carbocycles. The number of carboxylic acids is 1. The van der Waals surface area contributed by atoms with E-state index in [1.54, 1.807) is 0 Å². The number of amides is 1. The molecule has 1 aromatic carbocycles. The van der Waals surface area contributed by atoms with Gasteiger partial charge in [-0.05, 0) is 42.5 Å². The number of aliphatic carboxylic acids is 1. The molecule has 8 nitrogen and oxygen atoms in total. The van der Waals surface area contributed by atoms with Crippen molar-refractivity contribution in [3.63, 3.8) is 0 Å². The lowest BCUT2D eigenvalue weighted by atomic mass is 9.63. The largest absolute Gasteiger partial charge is 0.478 e. The predicted octanol–water partition coefficient (Wildman–Crippen LogP) is 3.63. The van der Waals surface area contributed by atoms with Crippen LogP contribution in [0.25, 0.3) is 0 Å². The van der Waals surface area contributed by atoms with Gasteiger partial charge in [0.25, 0.3) is 0 Å². The van der Waals surface area contributed by atoms with Crippen LogP contribution in [0.4, 0.5) is 8.78 Å². The molecule has 0 radical (unpaired) electrons. The molecule has 0 saturated heterocycles. The van der Waals surface area contributed by atoms with Crippen molar-refractivity contribution in [2.75, 3.05) is 6.54 Å². The molecule has 186 valence electrons. The van der Waals surface area contributed by atoms with Crippen molar-refractivity contribution in [1.82, 2.24) is 9.88 Å². The number of aromatic nitrogens is 1. The van der Waals surface area contributed by atoms with Crippen molar-refractivity contribution >= 4 is 17.7 Å². The Labute approximate surface area is 204 Å². The lowest BCUT2D eigenvalue weighted by molar-refractivity contribution is -0.133. The van der Waals surface area contributed by atoms with Crippen molar-refractivity contribution in [2.24, 2.45) is 17.6 Å². The minimum atomic E-state index is -1.34. The van der Waals surface area contributed by atoms with Gasteiger partial charge < -0.3 is 20.2 Å². The first kappa shape index (κ1) is 23.7. The summed E-state index contributed by atoms with van der Waals surface area (Å²) in [5, 5.41) is 9.93. The monoisotopic (exact) mass is 495 g/mol. The summed E-state index contributed by atoms with van der Waals surface area (Å²) in [5.41, 5.74) is 5.27. The van der Waals surface area contributed by atoms with E-state index in [4.69, 9.17) is 10.2 Å². The summed E-state index contributed by atoms with van der Waals surface area (Å²) in [4.78, 5) is 43.7. The maximum atomic E-state index is 15.6. The molecule has 3 aliphatic rings. The average molecular weight is 495 g/mol. The quantitative estimate of drug-likeness (QED) is 0.601. The molecule has 3 N–H and O–H groups in total. The standard InChI is InChI=1S/C26H23F2N3O5/c27-14-4-5-15(16(8-14)25(29)33)22(13-2-1-3-13)17-9-20(28)18-10-31(12-21-30-6-7-36-21)11-19(26(34)35)23(18)24(17)32/h4-10,13,17,22H,1-3,11-12H2,(H2,29,33)(H,34,35)/t17?,22-/m1/s1. The van der Waals surface area contributed by atoms with Crippen LogP contribution in [0.5, 0.6) is 0 Å². The summed E-state index contributed by atoms with van der Waals surface area (Å²) in [6.07, 6.45) is 7.76. The zero-order valence-electron chi connectivity index (χ0n) is 19.1. The van der Waals surface area contributed by atoms with Gasteiger partial charge in [-0.15, -0.1) is 0 Å². The summed E-state index contributed by atoms with van der Waals surface area (Å²) in [6, 6.07) is 3.61. The van der Waals surface area contributed by atoms with E-state index in [-0.39, 0.29) is 41.3 Å². The fourth-order valence-corrected chi connectivity index (χ4v) is 5.31. The zero-order chi connectivity index (χ0) is 25.6. The smallest absolute Gasteiger partial charge is 0.334 e. The predicted molar refractivity (Wildman–Crippen MR) is 122 cm³/mol. The molecule has 1 aromatic heterocycles. The van der Waals surface area contributed by atoms with Crippen molar-refractivity contribution in [3.8, 4) is 0 Å². The number of fused-ring (bicyclic) bond motifs is 1. The fraction of sp³-hybridized carbons (Fsp3) is 0.308. The Bertz CT molecular complexity index is 1340. The fourth-order valence-electron chi connectivity index (χ4n) is 5.31. The van der Waals surface area contributed by atoms with Crippen LogP contribution in [0, 0.1) is 17.7 Å². The average Bonchev–Trinajstić information content (AvgIpc) is 3.31. The van der Waals surface area contributed by atoms with Crippen LogP contribution in [0.15, 0.2) is 69.9 Å². The number of hydrogen-bond acceptors (Lipinski definition) is 6. The Morgan fingerprint density at radius 3 is 2.67 bits per heavy atom. The van der Waals surface area contributed by atoms with E-state index in [0.29, 0.717) is 11.5 Å². The highest BCUT2D eigenvalue weighted by Gasteiger charge is 2.45. The Morgan fingerprint density at radius 2 is 2.06 bits per heavy atom. The number of rotatable bonds is 7. The third-order valence-corrected chi connectivity index (χ3v) is 7.14. The SMILES string of the molecule is NC(=O)c1cc(F)ccc1[C@@H](C1CCC1)C1C=C(F)C2=CN(Cc3ncco3)CC(C(=O)O)=C2C1=O. The number of Topliss-reactive ketones (excluding diaryl/α,β-unsaturated/α-hetero) is 1. The number of carbonyl (C=O) groups is 3. The number of primary amides is 1. The number of nitrogens with two attached hydrogens (primary N) is 1. The summed E-state index contributed by atoms with van der Waals surface area (Å²) < 4.78 is 34.8. The Morgan fingerprint density at radius 1 is 1.28 bits per heavy atom. The van der Waals surface area contributed by atoms with Crippen molar-refractivity contribution in [2.45, 2.75) is 31.7 Å². The zero-order valence-corrected chi connectivity index (χ0v) is 19.1. The minimum Gasteiger partial charge on any atom is -0.478 e. The first-order chi connectivity index (χ1) is 17.2. The van der Waals surface area contributed by atoms with E-state index in [0.717, 1.165) is 25.3 Å². The normalized spacial score (nSPS) is 20.9. The second-order valence-corrected chi connectivity index (χ2v) is 9.25. The molecule has 2 aliphatic carbocycles. The van der Waals surface area contributed by atoms with Gasteiger partial charge in [0.05, 0.1) is 30.8 Å². The second-order valence-electron chi connectivity index (χ2n) is 9.25. The molecule has 1 amide bonds. The third kappa shape index (κ3) is 4.12. The number of carboxylic acid groups (broad SMARTS) is 1. The molecule has 1 aliphatic heterocycles. The van der Waals surface area contributed by atoms with Gasteiger partial charge in [0.1, 0.15) is 17.9 Å². The number of allylic oxidation sites excluding steroid dienone is 4. The second kappa shape index (κ2) is 9.18. The van der Waals surface area contributed by atoms with Gasteiger partial charge in [-0.1, -0.05) is 12.5 Å². The highest BCUT2D eigenvalue weighted by molar-refractivity contribution is 6.11. The molecular weight excluding hydrogens is 472 g/mol. The van der Waals surface area contributed by atoms with Gasteiger partial charge in [0.15, 0.2) is 5.78 Å². The number of hydrogen-bond donors (Lipinski definition) is 2. The van der Waals surface area contributed by atoms with Crippen LogP contribution < -0.4 is 5.73 Å². The minimum absolute atomic E-state index is 0.0666. The summed E-state index contributed by atoms with van der Waals surface area (Å²) in [7, 11) is 0. The van der Waals surface area contributed by atoms with Crippen LogP contribution in [-0.2, 0) is 16.1 Å². The van der Waals surface area contributed by atoms with Crippen molar-refractivity contribution in [1.29, 1.82) is 0 Å². The van der Waals surface area contributed by atoms with Crippen LogP contribution in [0.1, 0.15) is 47.0 Å². The van der Waals surface area contributed by atoms with Gasteiger partial charge >= 0.3 is 5.97 Å². The lowest BCUT2D eigenvalue weighted by Crippen LogP contribution is -2.38. The maximum absolute atomic E-state index is 15.6.